The van der Waals surface area contributed by atoms with E-state index in [1.54, 1.807) is 0 Å². The minimum absolute atomic E-state index is 0.0647. The molecule has 0 spiro atoms. The largest absolute Gasteiger partial charge is 0.374 e. The number of hydrogen-bond acceptors (Lipinski definition) is 5. The molecule has 1 fully saturated rings. The Labute approximate surface area is 235 Å². The van der Waals surface area contributed by atoms with Crippen LogP contribution in [0.25, 0.3) is 0 Å². The molecule has 2 aliphatic rings. The molecule has 0 aromatic heterocycles. The van der Waals surface area contributed by atoms with E-state index in [4.69, 9.17) is 18.9 Å². The first-order valence-corrected chi connectivity index (χ1v) is 14.6. The Morgan fingerprint density at radius 3 is 1.79 bits per heavy atom. The maximum Gasteiger partial charge on any atom is 0.113 e. The van der Waals surface area contributed by atoms with Crippen LogP contribution >= 0.6 is 11.8 Å². The lowest BCUT2D eigenvalue weighted by atomic mass is 9.84. The van der Waals surface area contributed by atoms with Gasteiger partial charge in [-0.1, -0.05) is 109 Å². The second-order valence-corrected chi connectivity index (χ2v) is 11.2. The molecule has 0 bridgehead atoms. The minimum Gasteiger partial charge on any atom is -0.374 e. The third kappa shape index (κ3) is 6.46. The van der Waals surface area contributed by atoms with Gasteiger partial charge >= 0.3 is 0 Å². The van der Waals surface area contributed by atoms with Crippen LogP contribution in [0, 0.1) is 5.92 Å². The Balaban J connectivity index is 1.28. The van der Waals surface area contributed by atoms with Crippen molar-refractivity contribution in [1.82, 2.24) is 0 Å². The Morgan fingerprint density at radius 1 is 0.615 bits per heavy atom. The van der Waals surface area contributed by atoms with Crippen LogP contribution in [0.15, 0.2) is 120 Å². The first-order valence-electron chi connectivity index (χ1n) is 13.6. The van der Waals surface area contributed by atoms with Crippen molar-refractivity contribution in [2.24, 2.45) is 5.92 Å². The molecule has 39 heavy (non-hydrogen) atoms. The molecule has 4 aromatic carbocycles. The monoisotopic (exact) mass is 538 g/mol. The van der Waals surface area contributed by atoms with Crippen molar-refractivity contribution < 1.29 is 18.9 Å². The fraction of sp³-hybridized carbons (Fsp3) is 0.294. The van der Waals surface area contributed by atoms with Crippen LogP contribution in [-0.2, 0) is 38.8 Å². The third-order valence-electron chi connectivity index (χ3n) is 7.44. The van der Waals surface area contributed by atoms with E-state index in [0.29, 0.717) is 26.4 Å². The van der Waals surface area contributed by atoms with E-state index >= 15 is 0 Å². The average Bonchev–Trinajstić information content (AvgIpc) is 3.00. The molecule has 0 radical (unpaired) electrons. The molecule has 0 amide bonds. The van der Waals surface area contributed by atoms with Crippen molar-refractivity contribution in [2.75, 3.05) is 12.4 Å². The molecule has 2 aliphatic heterocycles. The summed E-state index contributed by atoms with van der Waals surface area (Å²) in [5, 5.41) is 0. The summed E-state index contributed by atoms with van der Waals surface area (Å²) in [4.78, 5) is 1.29. The smallest absolute Gasteiger partial charge is 0.113 e. The second kappa shape index (κ2) is 12.9. The molecule has 0 N–H and O–H groups in total. The van der Waals surface area contributed by atoms with E-state index in [2.05, 4.69) is 72.8 Å². The van der Waals surface area contributed by atoms with E-state index in [9.17, 15) is 0 Å². The number of fused-ring (bicyclic) bond motifs is 3. The van der Waals surface area contributed by atoms with Crippen LogP contribution in [0.3, 0.4) is 0 Å². The van der Waals surface area contributed by atoms with E-state index in [0.717, 1.165) is 22.4 Å². The number of hydrogen-bond donors (Lipinski definition) is 0. The first kappa shape index (κ1) is 26.3. The van der Waals surface area contributed by atoms with E-state index in [1.165, 1.54) is 10.5 Å². The molecule has 4 nitrogen and oxygen atoms in total. The van der Waals surface area contributed by atoms with E-state index in [1.807, 2.05) is 54.2 Å². The predicted octanol–water partition coefficient (Wildman–Crippen LogP) is 7.24. The number of thioether (sulfide) groups is 1. The van der Waals surface area contributed by atoms with Gasteiger partial charge in [0.05, 0.1) is 38.6 Å². The van der Waals surface area contributed by atoms with Gasteiger partial charge in [0.1, 0.15) is 12.2 Å². The van der Waals surface area contributed by atoms with Crippen molar-refractivity contribution in [3.05, 3.63) is 138 Å². The molecule has 1 saturated heterocycles. The zero-order chi connectivity index (χ0) is 26.3. The van der Waals surface area contributed by atoms with Crippen LogP contribution < -0.4 is 0 Å². The summed E-state index contributed by atoms with van der Waals surface area (Å²) >= 11 is 1.89. The van der Waals surface area contributed by atoms with Gasteiger partial charge in [-0.2, -0.15) is 0 Å². The maximum absolute atomic E-state index is 6.89. The van der Waals surface area contributed by atoms with Gasteiger partial charge < -0.3 is 18.9 Å². The lowest BCUT2D eigenvalue weighted by molar-refractivity contribution is -0.244. The summed E-state index contributed by atoms with van der Waals surface area (Å²) < 4.78 is 26.6. The fourth-order valence-electron chi connectivity index (χ4n) is 5.47. The van der Waals surface area contributed by atoms with Crippen LogP contribution in [0.2, 0.25) is 0 Å². The van der Waals surface area contributed by atoms with Crippen LogP contribution in [0.5, 0.6) is 0 Å². The first-order chi connectivity index (χ1) is 19.3. The summed E-state index contributed by atoms with van der Waals surface area (Å²) in [6.07, 6.45) is -0.739. The molecule has 6 rings (SSSR count). The maximum atomic E-state index is 6.89. The summed E-state index contributed by atoms with van der Waals surface area (Å²) in [7, 11) is 0. The van der Waals surface area contributed by atoms with Crippen molar-refractivity contribution in [2.45, 2.75) is 49.1 Å². The topological polar surface area (TPSA) is 36.9 Å². The number of benzene rings is 4. The van der Waals surface area contributed by atoms with Crippen molar-refractivity contribution in [3.63, 3.8) is 0 Å². The molecular formula is C34H34O4S. The highest BCUT2D eigenvalue weighted by Crippen LogP contribution is 2.48. The number of rotatable bonds is 10. The van der Waals surface area contributed by atoms with Crippen molar-refractivity contribution in [3.8, 4) is 0 Å². The lowest BCUT2D eigenvalue weighted by Gasteiger charge is -2.48. The molecule has 2 heterocycles. The molecule has 0 saturated carbocycles. The molecule has 4 aromatic rings. The highest BCUT2D eigenvalue weighted by atomic mass is 32.2. The van der Waals surface area contributed by atoms with Crippen LogP contribution in [0.1, 0.15) is 28.4 Å². The molecule has 5 atom stereocenters. The zero-order valence-corrected chi connectivity index (χ0v) is 22.7. The quantitative estimate of drug-likeness (QED) is 0.213. The summed E-state index contributed by atoms with van der Waals surface area (Å²) in [5.41, 5.74) is 4.67. The summed E-state index contributed by atoms with van der Waals surface area (Å²) in [6.45, 7) is 1.99. The van der Waals surface area contributed by atoms with Gasteiger partial charge in [0.25, 0.3) is 0 Å². The normalized spacial score (nSPS) is 24.1. The van der Waals surface area contributed by atoms with Crippen molar-refractivity contribution >= 4 is 11.8 Å². The Hall–Kier alpha value is -2.93. The van der Waals surface area contributed by atoms with Gasteiger partial charge in [-0.25, -0.2) is 0 Å². The molecular weight excluding hydrogens is 504 g/mol. The Morgan fingerprint density at radius 2 is 1.15 bits per heavy atom. The zero-order valence-electron chi connectivity index (χ0n) is 21.9. The summed E-state index contributed by atoms with van der Waals surface area (Å²) in [5.74, 6) is 1.09. The molecule has 200 valence electrons. The van der Waals surface area contributed by atoms with Gasteiger partial charge in [-0.3, -0.25) is 0 Å². The standard InChI is InChI=1S/C34H34O4S/c1-4-12-25(13-5-1)20-35-23-30-34(37-22-27-16-8-3-9-17-27)33(36-21-26-14-6-2-7-15-26)29-24-39-31-19-11-10-18-28(31)32(29)38-30/h1-19,29-30,32-34H,20-24H2/t29-,30+,32+,33+,34+/m0/s1. The predicted molar refractivity (Wildman–Crippen MR) is 154 cm³/mol. The lowest BCUT2D eigenvalue weighted by Crippen LogP contribution is -2.56. The number of ether oxygens (including phenoxy) is 4. The van der Waals surface area contributed by atoms with Gasteiger partial charge in [-0.05, 0) is 28.3 Å². The highest BCUT2D eigenvalue weighted by Gasteiger charge is 2.49. The minimum atomic E-state index is -0.268. The van der Waals surface area contributed by atoms with Crippen molar-refractivity contribution in [1.29, 1.82) is 0 Å². The van der Waals surface area contributed by atoms with Gasteiger partial charge in [-0.15, -0.1) is 11.8 Å². The molecule has 0 aliphatic carbocycles. The third-order valence-corrected chi connectivity index (χ3v) is 8.68. The SMILES string of the molecule is c1ccc(COC[C@H]2O[C@@H]3c4ccccc4SC[C@@H]3[C@@H](OCc3ccccc3)[C@@H]2OCc2ccccc2)cc1. The summed E-state index contributed by atoms with van der Waals surface area (Å²) in [6, 6.07) is 39.6. The van der Waals surface area contributed by atoms with Gasteiger partial charge in [0.15, 0.2) is 0 Å². The Kier molecular flexibility index (Phi) is 8.73. The van der Waals surface area contributed by atoms with Gasteiger partial charge in [0, 0.05) is 16.6 Å². The second-order valence-electron chi connectivity index (χ2n) is 10.1. The van der Waals surface area contributed by atoms with Gasteiger partial charge in [0.2, 0.25) is 0 Å². The van der Waals surface area contributed by atoms with Crippen LogP contribution in [-0.4, -0.2) is 30.7 Å². The van der Waals surface area contributed by atoms with E-state index < -0.39 is 0 Å². The average molecular weight is 539 g/mol. The highest BCUT2D eigenvalue weighted by molar-refractivity contribution is 7.99. The fourth-order valence-corrected chi connectivity index (χ4v) is 6.73. The van der Waals surface area contributed by atoms with Crippen LogP contribution in [0.4, 0.5) is 0 Å². The molecule has 5 heteroatoms. The van der Waals surface area contributed by atoms with E-state index in [-0.39, 0.29) is 30.3 Å². The molecule has 0 unspecified atom stereocenters. The Bertz CT molecular complexity index is 1300.